The van der Waals surface area contributed by atoms with Crippen LogP contribution in [0.3, 0.4) is 0 Å². The van der Waals surface area contributed by atoms with Crippen molar-refractivity contribution in [2.24, 2.45) is 5.73 Å². The lowest BCUT2D eigenvalue weighted by molar-refractivity contribution is -0.141. The molecule has 0 aliphatic carbocycles. The number of ether oxygens (including phenoxy) is 1. The summed E-state index contributed by atoms with van der Waals surface area (Å²) in [5.74, 6) is -0.347. The minimum Gasteiger partial charge on any atom is -0.469 e. The summed E-state index contributed by atoms with van der Waals surface area (Å²) < 4.78 is 4.72. The molecule has 1 heterocycles. The Morgan fingerprint density at radius 3 is 2.71 bits per heavy atom. The summed E-state index contributed by atoms with van der Waals surface area (Å²) in [4.78, 5) is 15.6. The Morgan fingerprint density at radius 1 is 1.59 bits per heavy atom. The monoisotopic (exact) mass is 236 g/mol. The number of methoxy groups -OCH3 is 1. The minimum atomic E-state index is -0.498. The lowest BCUT2D eigenvalue weighted by Gasteiger charge is -2.31. The first-order valence-electron chi connectivity index (χ1n) is 5.62. The molecule has 0 saturated heterocycles. The van der Waals surface area contributed by atoms with Gasteiger partial charge in [0.15, 0.2) is 0 Å². The Balaban J connectivity index is 3.07. The van der Waals surface area contributed by atoms with Gasteiger partial charge < -0.3 is 10.5 Å². The molecule has 0 spiro atoms. The van der Waals surface area contributed by atoms with Gasteiger partial charge in [0.1, 0.15) is 0 Å². The quantitative estimate of drug-likeness (QED) is 0.809. The number of aromatic nitrogens is 1. The fraction of sp³-hybridized carbons (Fsp3) is 0.538. The molecule has 17 heavy (non-hydrogen) atoms. The molecule has 1 aromatic heterocycles. The number of hydrogen-bond donors (Lipinski definition) is 1. The van der Waals surface area contributed by atoms with Crippen LogP contribution in [0.5, 0.6) is 0 Å². The Hall–Kier alpha value is -1.42. The molecule has 1 rings (SSSR count). The second kappa shape index (κ2) is 5.27. The molecule has 0 aliphatic rings. The van der Waals surface area contributed by atoms with Gasteiger partial charge in [0.25, 0.3) is 0 Å². The SMILES string of the molecule is COC(=O)CC(c1cnccc1C)C(C)(C)N. The number of hydrogen-bond acceptors (Lipinski definition) is 4. The zero-order chi connectivity index (χ0) is 13.1. The minimum absolute atomic E-state index is 0.0938. The van der Waals surface area contributed by atoms with Crippen LogP contribution in [0.15, 0.2) is 18.5 Å². The summed E-state index contributed by atoms with van der Waals surface area (Å²) in [6.07, 6.45) is 3.78. The first-order valence-corrected chi connectivity index (χ1v) is 5.62. The molecule has 4 nitrogen and oxygen atoms in total. The number of carbonyl (C=O) groups is 1. The van der Waals surface area contributed by atoms with E-state index in [4.69, 9.17) is 10.5 Å². The van der Waals surface area contributed by atoms with E-state index in [2.05, 4.69) is 4.98 Å². The van der Waals surface area contributed by atoms with Gasteiger partial charge in [-0.2, -0.15) is 0 Å². The van der Waals surface area contributed by atoms with E-state index in [0.717, 1.165) is 11.1 Å². The molecule has 4 heteroatoms. The summed E-state index contributed by atoms with van der Waals surface area (Å²) in [5, 5.41) is 0. The summed E-state index contributed by atoms with van der Waals surface area (Å²) in [7, 11) is 1.39. The van der Waals surface area contributed by atoms with Gasteiger partial charge in [-0.1, -0.05) is 0 Å². The molecule has 0 aromatic carbocycles. The number of carbonyl (C=O) groups excluding carboxylic acids is 1. The molecular formula is C13H20N2O2. The largest absolute Gasteiger partial charge is 0.469 e. The predicted octanol–water partition coefficient (Wildman–Crippen LogP) is 1.77. The van der Waals surface area contributed by atoms with E-state index in [1.165, 1.54) is 7.11 Å². The first kappa shape index (κ1) is 13.6. The van der Waals surface area contributed by atoms with Gasteiger partial charge in [0, 0.05) is 23.9 Å². The average molecular weight is 236 g/mol. The number of pyridine rings is 1. The van der Waals surface area contributed by atoms with Gasteiger partial charge in [-0.05, 0) is 38.0 Å². The van der Waals surface area contributed by atoms with Crippen molar-refractivity contribution >= 4 is 5.97 Å². The van der Waals surface area contributed by atoms with Crippen molar-refractivity contribution in [3.05, 3.63) is 29.6 Å². The van der Waals surface area contributed by atoms with E-state index in [1.54, 1.807) is 12.4 Å². The zero-order valence-corrected chi connectivity index (χ0v) is 10.9. The van der Waals surface area contributed by atoms with Crippen molar-refractivity contribution in [2.75, 3.05) is 7.11 Å². The smallest absolute Gasteiger partial charge is 0.306 e. The van der Waals surface area contributed by atoms with Crippen molar-refractivity contribution in [3.63, 3.8) is 0 Å². The van der Waals surface area contributed by atoms with Crippen LogP contribution in [-0.4, -0.2) is 23.6 Å². The number of nitrogens with zero attached hydrogens (tertiary/aromatic N) is 1. The third-order valence-electron chi connectivity index (χ3n) is 2.95. The van der Waals surface area contributed by atoms with Gasteiger partial charge >= 0.3 is 5.97 Å². The van der Waals surface area contributed by atoms with E-state index in [-0.39, 0.29) is 18.3 Å². The molecule has 0 bridgehead atoms. The van der Waals surface area contributed by atoms with E-state index in [1.807, 2.05) is 26.8 Å². The second-order valence-corrected chi connectivity index (χ2v) is 4.89. The highest BCUT2D eigenvalue weighted by molar-refractivity contribution is 5.70. The molecule has 0 aliphatic heterocycles. The molecule has 2 N–H and O–H groups in total. The standard InChI is InChI=1S/C13H20N2O2/c1-9-5-6-15-8-10(9)11(13(2,3)14)7-12(16)17-4/h5-6,8,11H,7,14H2,1-4H3. The van der Waals surface area contributed by atoms with Gasteiger partial charge in [0.05, 0.1) is 13.5 Å². The third-order valence-corrected chi connectivity index (χ3v) is 2.95. The van der Waals surface area contributed by atoms with Crippen molar-refractivity contribution in [1.82, 2.24) is 4.98 Å². The molecule has 0 amide bonds. The molecule has 1 unspecified atom stereocenters. The van der Waals surface area contributed by atoms with Crippen molar-refractivity contribution in [3.8, 4) is 0 Å². The van der Waals surface area contributed by atoms with Crippen LogP contribution in [0.4, 0.5) is 0 Å². The van der Waals surface area contributed by atoms with E-state index in [0.29, 0.717) is 0 Å². The first-order chi connectivity index (χ1) is 7.86. The Morgan fingerprint density at radius 2 is 2.24 bits per heavy atom. The summed E-state index contributed by atoms with van der Waals surface area (Å²) in [6.45, 7) is 5.81. The average Bonchev–Trinajstić information content (AvgIpc) is 2.25. The molecule has 1 atom stereocenters. The van der Waals surface area contributed by atoms with E-state index in [9.17, 15) is 4.79 Å². The van der Waals surface area contributed by atoms with Gasteiger partial charge in [-0.15, -0.1) is 0 Å². The number of esters is 1. The maximum absolute atomic E-state index is 11.5. The van der Waals surface area contributed by atoms with Crippen LogP contribution < -0.4 is 5.73 Å². The normalized spacial score (nSPS) is 13.2. The van der Waals surface area contributed by atoms with Crippen LogP contribution in [-0.2, 0) is 9.53 Å². The number of aryl methyl sites for hydroxylation is 1. The zero-order valence-electron chi connectivity index (χ0n) is 10.9. The summed E-state index contributed by atoms with van der Waals surface area (Å²) >= 11 is 0. The van der Waals surface area contributed by atoms with Crippen LogP contribution in [0.2, 0.25) is 0 Å². The fourth-order valence-corrected chi connectivity index (χ4v) is 1.86. The van der Waals surface area contributed by atoms with Gasteiger partial charge in [-0.3, -0.25) is 9.78 Å². The Kier molecular flexibility index (Phi) is 4.23. The van der Waals surface area contributed by atoms with Crippen molar-refractivity contribution in [2.45, 2.75) is 38.6 Å². The van der Waals surface area contributed by atoms with E-state index >= 15 is 0 Å². The van der Waals surface area contributed by atoms with Crippen LogP contribution in [0, 0.1) is 6.92 Å². The van der Waals surface area contributed by atoms with E-state index < -0.39 is 5.54 Å². The Bertz CT molecular complexity index is 397. The second-order valence-electron chi connectivity index (χ2n) is 4.89. The van der Waals surface area contributed by atoms with Crippen molar-refractivity contribution in [1.29, 1.82) is 0 Å². The molecule has 1 aromatic rings. The Labute approximate surface area is 102 Å². The van der Waals surface area contributed by atoms with Crippen LogP contribution in [0.1, 0.15) is 37.3 Å². The molecule has 0 radical (unpaired) electrons. The summed E-state index contributed by atoms with van der Waals surface area (Å²) in [5.41, 5.74) is 7.75. The van der Waals surface area contributed by atoms with Gasteiger partial charge in [-0.25, -0.2) is 0 Å². The number of nitrogens with two attached hydrogens (primary N) is 1. The maximum Gasteiger partial charge on any atom is 0.306 e. The lowest BCUT2D eigenvalue weighted by Crippen LogP contribution is -2.40. The van der Waals surface area contributed by atoms with Crippen molar-refractivity contribution < 1.29 is 9.53 Å². The fourth-order valence-electron chi connectivity index (χ4n) is 1.86. The lowest BCUT2D eigenvalue weighted by atomic mass is 9.79. The van der Waals surface area contributed by atoms with Gasteiger partial charge in [0.2, 0.25) is 0 Å². The van der Waals surface area contributed by atoms with Crippen LogP contribution in [0.25, 0.3) is 0 Å². The molecule has 0 fully saturated rings. The highest BCUT2D eigenvalue weighted by Crippen LogP contribution is 2.31. The highest BCUT2D eigenvalue weighted by atomic mass is 16.5. The maximum atomic E-state index is 11.5. The highest BCUT2D eigenvalue weighted by Gasteiger charge is 2.30. The third kappa shape index (κ3) is 3.53. The number of rotatable bonds is 4. The molecule has 94 valence electrons. The molecular weight excluding hydrogens is 216 g/mol. The topological polar surface area (TPSA) is 65.2 Å². The predicted molar refractivity (Wildman–Crippen MR) is 66.6 cm³/mol. The summed E-state index contributed by atoms with van der Waals surface area (Å²) in [6, 6.07) is 1.92. The van der Waals surface area contributed by atoms with Crippen LogP contribution >= 0.6 is 0 Å². The molecule has 0 saturated carbocycles.